The van der Waals surface area contributed by atoms with Crippen molar-refractivity contribution < 1.29 is 54.1 Å². The number of anilines is 1. The highest BCUT2D eigenvalue weighted by atomic mass is 127. The number of benzene rings is 1. The second kappa shape index (κ2) is 14.1. The molecule has 196 valence electrons. The molecule has 1 fully saturated rings. The average molecular weight is 837 g/mol. The third-order valence-corrected chi connectivity index (χ3v) is 7.38. The van der Waals surface area contributed by atoms with Crippen molar-refractivity contribution in [2.45, 2.75) is 18.2 Å². The van der Waals surface area contributed by atoms with Crippen molar-refractivity contribution in [3.05, 3.63) is 10.7 Å². The second-order valence-corrected chi connectivity index (χ2v) is 10.2. The molecule has 0 radical (unpaired) electrons. The molecule has 0 aliphatic carbocycles. The molecular formula is C18H22I3N3O11. The molecular weight excluding hydrogens is 815 g/mol. The molecule has 1 aromatic rings. The third-order valence-electron chi connectivity index (χ3n) is 4.40. The smallest absolute Gasteiger partial charge is 0.414 e. The average Bonchev–Trinajstić information content (AvgIpc) is 3.21. The van der Waals surface area contributed by atoms with Crippen LogP contribution in [0.4, 0.5) is 20.1 Å². The Morgan fingerprint density at radius 2 is 1.40 bits per heavy atom. The van der Waals surface area contributed by atoms with Gasteiger partial charge in [0.05, 0.1) is 50.9 Å². The van der Waals surface area contributed by atoms with Gasteiger partial charge in [-0.05, 0) is 67.8 Å². The first-order valence-corrected chi connectivity index (χ1v) is 13.1. The molecule has 0 spiro atoms. The summed E-state index contributed by atoms with van der Waals surface area (Å²) >= 11 is 5.43. The van der Waals surface area contributed by atoms with E-state index >= 15 is 0 Å². The van der Waals surface area contributed by atoms with Crippen LogP contribution in [0.15, 0.2) is 0 Å². The predicted octanol–water partition coefficient (Wildman–Crippen LogP) is -0.299. The van der Waals surface area contributed by atoms with E-state index < -0.39 is 56.4 Å². The summed E-state index contributed by atoms with van der Waals surface area (Å²) in [5.41, 5.74) is 0.157. The van der Waals surface area contributed by atoms with Gasteiger partial charge in [-0.3, -0.25) is 4.90 Å². The van der Waals surface area contributed by atoms with Crippen LogP contribution in [0.5, 0.6) is 11.5 Å². The van der Waals surface area contributed by atoms with E-state index in [1.807, 2.05) is 45.2 Å². The number of halogens is 3. The molecule has 3 unspecified atom stereocenters. The molecule has 1 heterocycles. The molecule has 35 heavy (non-hydrogen) atoms. The summed E-state index contributed by atoms with van der Waals surface area (Å²) in [6, 6.07) is -0.757. The number of nitrogens with one attached hydrogen (secondary N) is 2. The summed E-state index contributed by atoms with van der Waals surface area (Å²) in [6.07, 6.45) is -5.19. The van der Waals surface area contributed by atoms with Crippen LogP contribution in [-0.2, 0) is 4.74 Å². The van der Waals surface area contributed by atoms with Gasteiger partial charge in [0, 0.05) is 13.1 Å². The number of carbonyl (C=O) groups excluding carboxylic acids is 3. The highest BCUT2D eigenvalue weighted by Gasteiger charge is 2.39. The lowest BCUT2D eigenvalue weighted by molar-refractivity contribution is 0.0934. The van der Waals surface area contributed by atoms with Gasteiger partial charge in [-0.25, -0.2) is 14.4 Å². The Balaban J connectivity index is 2.50. The number of cyclic esters (lactones) is 1. The van der Waals surface area contributed by atoms with E-state index in [-0.39, 0.29) is 47.6 Å². The molecule has 1 aliphatic heterocycles. The van der Waals surface area contributed by atoms with Gasteiger partial charge in [-0.15, -0.1) is 0 Å². The van der Waals surface area contributed by atoms with Gasteiger partial charge in [0.2, 0.25) is 0 Å². The summed E-state index contributed by atoms with van der Waals surface area (Å²) < 4.78 is 16.5. The molecule has 14 nitrogen and oxygen atoms in total. The Bertz CT molecular complexity index is 897. The molecule has 1 aliphatic rings. The minimum Gasteiger partial charge on any atom is -0.447 e. The van der Waals surface area contributed by atoms with Crippen LogP contribution in [-0.4, -0.2) is 102 Å². The van der Waals surface area contributed by atoms with Gasteiger partial charge in [0.1, 0.15) is 10.2 Å². The number of hydrogen-bond donors (Lipinski definition) is 7. The molecule has 1 saturated heterocycles. The molecule has 17 heteroatoms. The number of rotatable bonds is 10. The summed E-state index contributed by atoms with van der Waals surface area (Å²) in [7, 11) is 0. The molecule has 3 amide bonds. The van der Waals surface area contributed by atoms with Crippen molar-refractivity contribution in [1.82, 2.24) is 10.6 Å². The van der Waals surface area contributed by atoms with Crippen molar-refractivity contribution in [1.29, 1.82) is 0 Å². The van der Waals surface area contributed by atoms with E-state index in [1.54, 1.807) is 22.6 Å². The van der Waals surface area contributed by atoms with E-state index in [4.69, 9.17) is 24.4 Å². The molecule has 7 N–H and O–H groups in total. The van der Waals surface area contributed by atoms with Crippen LogP contribution in [0.1, 0.15) is 0 Å². The Morgan fingerprint density at radius 1 is 0.943 bits per heavy atom. The largest absolute Gasteiger partial charge is 0.447 e. The van der Waals surface area contributed by atoms with Crippen LogP contribution in [0, 0.1) is 10.7 Å². The fourth-order valence-corrected chi connectivity index (χ4v) is 6.78. The maximum absolute atomic E-state index is 12.5. The van der Waals surface area contributed by atoms with Gasteiger partial charge < -0.3 is 50.4 Å². The number of hydrogen-bond acceptors (Lipinski definition) is 11. The Kier molecular flexibility index (Phi) is 12.2. The van der Waals surface area contributed by atoms with Crippen molar-refractivity contribution in [3.8, 4) is 11.5 Å². The molecule has 0 bridgehead atoms. The second-order valence-electron chi connectivity index (χ2n) is 6.95. The van der Waals surface area contributed by atoms with Crippen LogP contribution >= 0.6 is 67.8 Å². The molecule has 0 saturated carbocycles. The van der Waals surface area contributed by atoms with Crippen molar-refractivity contribution in [3.63, 3.8) is 0 Å². The van der Waals surface area contributed by atoms with Gasteiger partial charge in [0.15, 0.2) is 11.5 Å². The van der Waals surface area contributed by atoms with Crippen LogP contribution in [0.2, 0.25) is 0 Å². The molecule has 0 aromatic heterocycles. The zero-order chi connectivity index (χ0) is 26.3. The molecule has 3 atom stereocenters. The lowest BCUT2D eigenvalue weighted by atomic mass is 10.2. The zero-order valence-electron chi connectivity index (χ0n) is 17.7. The minimum atomic E-state index is -1.21. The summed E-state index contributed by atoms with van der Waals surface area (Å²) in [4.78, 5) is 38.3. The minimum absolute atomic E-state index is 0.0906. The van der Waals surface area contributed by atoms with Crippen LogP contribution in [0.3, 0.4) is 0 Å². The topological polar surface area (TPSA) is 207 Å². The fourth-order valence-electron chi connectivity index (χ4n) is 2.66. The summed E-state index contributed by atoms with van der Waals surface area (Å²) in [5, 5.41) is 50.9. The number of aliphatic hydroxyl groups excluding tert-OH is 5. The van der Waals surface area contributed by atoms with Gasteiger partial charge in [-0.1, -0.05) is 0 Å². The van der Waals surface area contributed by atoms with E-state index in [0.29, 0.717) is 0 Å². The Morgan fingerprint density at radius 3 is 1.80 bits per heavy atom. The number of nitrogens with zero attached hydrogens (tertiary/aromatic N) is 1. The van der Waals surface area contributed by atoms with Crippen molar-refractivity contribution in [2.24, 2.45) is 0 Å². The third kappa shape index (κ3) is 7.75. The van der Waals surface area contributed by atoms with E-state index in [2.05, 4.69) is 10.6 Å². The first-order valence-electron chi connectivity index (χ1n) is 9.82. The number of ether oxygens (including phenoxy) is 3. The van der Waals surface area contributed by atoms with Crippen LogP contribution in [0.25, 0.3) is 0 Å². The van der Waals surface area contributed by atoms with E-state index in [0.717, 1.165) is 4.90 Å². The standard InChI is InChI=1S/C18H22I3N3O11/c19-10-13(24-7(3-25)6-33-18(24)32)11(20)15(35-17(31)23-2-9(29)5-27)12(21)14(10)34-16(30)22-1-8(28)4-26/h7-9,25-29H,1-6H2,(H,22,30)(H,23,31). The monoisotopic (exact) mass is 837 g/mol. The summed E-state index contributed by atoms with van der Waals surface area (Å²) in [5.74, 6) is -0.181. The van der Waals surface area contributed by atoms with Gasteiger partial charge >= 0.3 is 18.3 Å². The molecule has 1 aromatic carbocycles. The van der Waals surface area contributed by atoms with E-state index in [9.17, 15) is 29.7 Å². The SMILES string of the molecule is O=C(NCC(O)CO)Oc1c(I)c(OC(=O)NCC(O)CO)c(I)c(N2C(=O)OCC2CO)c1I. The Hall–Kier alpha value is -0.980. The highest BCUT2D eigenvalue weighted by molar-refractivity contribution is 14.1. The quantitative estimate of drug-likeness (QED) is 0.153. The lowest BCUT2D eigenvalue weighted by Gasteiger charge is -2.26. The normalized spacial score (nSPS) is 17.0. The van der Waals surface area contributed by atoms with Crippen LogP contribution < -0.4 is 25.0 Å². The van der Waals surface area contributed by atoms with E-state index in [1.165, 1.54) is 0 Å². The predicted molar refractivity (Wildman–Crippen MR) is 144 cm³/mol. The number of amides is 3. The number of carbonyl (C=O) groups is 3. The van der Waals surface area contributed by atoms with Gasteiger partial charge in [0.25, 0.3) is 0 Å². The maximum atomic E-state index is 12.5. The first-order chi connectivity index (χ1) is 16.5. The fraction of sp³-hybridized carbons (Fsp3) is 0.500. The number of aliphatic hydroxyl groups is 5. The van der Waals surface area contributed by atoms with Crippen molar-refractivity contribution in [2.75, 3.05) is 44.4 Å². The maximum Gasteiger partial charge on any atom is 0.414 e. The molecule has 2 rings (SSSR count). The summed E-state index contributed by atoms with van der Waals surface area (Å²) in [6.45, 7) is -2.30. The zero-order valence-corrected chi connectivity index (χ0v) is 24.2. The van der Waals surface area contributed by atoms with Crippen molar-refractivity contribution >= 4 is 91.7 Å². The lowest BCUT2D eigenvalue weighted by Crippen LogP contribution is -2.38. The first kappa shape index (κ1) is 30.2. The highest BCUT2D eigenvalue weighted by Crippen LogP contribution is 2.47. The van der Waals surface area contributed by atoms with Gasteiger partial charge in [-0.2, -0.15) is 0 Å². The Labute approximate surface area is 239 Å².